The van der Waals surface area contributed by atoms with Gasteiger partial charge in [-0.05, 0) is 43.6 Å². The van der Waals surface area contributed by atoms with Gasteiger partial charge < -0.3 is 20.1 Å². The van der Waals surface area contributed by atoms with Crippen LogP contribution in [0.5, 0.6) is 5.75 Å². The van der Waals surface area contributed by atoms with Gasteiger partial charge in [-0.2, -0.15) is 0 Å². The minimum atomic E-state index is -0.232. The van der Waals surface area contributed by atoms with Crippen LogP contribution in [0.1, 0.15) is 31.4 Å². The first-order chi connectivity index (χ1) is 13.1. The number of nitrogens with one attached hydrogen (secondary N) is 2. The number of nitrogens with zero attached hydrogens (tertiary/aromatic N) is 2. The van der Waals surface area contributed by atoms with Crippen molar-refractivity contribution < 1.29 is 14.3 Å². The van der Waals surface area contributed by atoms with E-state index in [2.05, 4.69) is 32.7 Å². The fourth-order valence-electron chi connectivity index (χ4n) is 3.29. The normalized spacial score (nSPS) is 17.3. The van der Waals surface area contributed by atoms with Crippen LogP contribution in [0, 0.1) is 5.92 Å². The number of benzene rings is 1. The van der Waals surface area contributed by atoms with Gasteiger partial charge in [0.05, 0.1) is 26.2 Å². The average Bonchev–Trinajstić information content (AvgIpc) is 3.24. The van der Waals surface area contributed by atoms with Gasteiger partial charge in [0.1, 0.15) is 5.75 Å². The molecule has 0 saturated carbocycles. The lowest BCUT2D eigenvalue weighted by atomic mass is 10.1. The topological polar surface area (TPSA) is 75.2 Å². The van der Waals surface area contributed by atoms with Crippen LogP contribution in [-0.4, -0.2) is 64.3 Å². The lowest BCUT2D eigenvalue weighted by molar-refractivity contribution is -0.144. The molecule has 1 aliphatic heterocycles. The summed E-state index contributed by atoms with van der Waals surface area (Å²) < 4.78 is 10.0. The maximum atomic E-state index is 11.6. The lowest BCUT2D eigenvalue weighted by Gasteiger charge is -2.29. The Kier molecular flexibility index (Phi) is 8.39. The summed E-state index contributed by atoms with van der Waals surface area (Å²) in [6, 6.07) is 8.51. The van der Waals surface area contributed by atoms with Crippen molar-refractivity contribution in [3.63, 3.8) is 0 Å². The number of hydrogen-bond donors (Lipinski definition) is 2. The average molecular weight is 377 g/mol. The SMILES string of the molecule is CN=C(NCC(C)C(=O)OC)NCC(c1ccc(OC)cc1)N1CCCC1. The predicted octanol–water partition coefficient (Wildman–Crippen LogP) is 1.81. The lowest BCUT2D eigenvalue weighted by Crippen LogP contribution is -2.44. The van der Waals surface area contributed by atoms with Gasteiger partial charge in [-0.15, -0.1) is 0 Å². The molecule has 1 aliphatic rings. The van der Waals surface area contributed by atoms with E-state index in [9.17, 15) is 4.79 Å². The molecule has 1 fully saturated rings. The Morgan fingerprint density at radius 3 is 2.33 bits per heavy atom. The molecular formula is C20H32N4O3. The van der Waals surface area contributed by atoms with Gasteiger partial charge in [0, 0.05) is 20.1 Å². The van der Waals surface area contributed by atoms with Crippen molar-refractivity contribution in [1.29, 1.82) is 0 Å². The van der Waals surface area contributed by atoms with Gasteiger partial charge in [-0.1, -0.05) is 19.1 Å². The second-order valence-corrected chi connectivity index (χ2v) is 6.79. The van der Waals surface area contributed by atoms with Crippen LogP contribution in [0.3, 0.4) is 0 Å². The maximum absolute atomic E-state index is 11.6. The standard InChI is InChI=1S/C20H32N4O3/c1-15(19(25)27-4)13-22-20(21-2)23-14-18(24-11-5-6-12-24)16-7-9-17(26-3)10-8-16/h7-10,15,18H,5-6,11-14H2,1-4H3,(H2,21,22,23). The Morgan fingerprint density at radius 2 is 1.78 bits per heavy atom. The van der Waals surface area contributed by atoms with E-state index in [1.54, 1.807) is 14.2 Å². The Morgan fingerprint density at radius 1 is 1.15 bits per heavy atom. The zero-order valence-electron chi connectivity index (χ0n) is 16.8. The molecule has 1 saturated heterocycles. The molecule has 2 atom stereocenters. The molecule has 0 bridgehead atoms. The van der Waals surface area contributed by atoms with Gasteiger partial charge in [-0.3, -0.25) is 14.7 Å². The molecule has 0 spiro atoms. The highest BCUT2D eigenvalue weighted by Gasteiger charge is 2.24. The van der Waals surface area contributed by atoms with Gasteiger partial charge >= 0.3 is 5.97 Å². The quantitative estimate of drug-likeness (QED) is 0.409. The maximum Gasteiger partial charge on any atom is 0.310 e. The summed E-state index contributed by atoms with van der Waals surface area (Å²) in [6.45, 7) is 5.24. The second kappa shape index (κ2) is 10.8. The van der Waals surface area contributed by atoms with Gasteiger partial charge in [-0.25, -0.2) is 0 Å². The summed E-state index contributed by atoms with van der Waals surface area (Å²) in [5.41, 5.74) is 1.25. The van der Waals surface area contributed by atoms with Crippen molar-refractivity contribution in [3.05, 3.63) is 29.8 Å². The van der Waals surface area contributed by atoms with Crippen LogP contribution < -0.4 is 15.4 Å². The summed E-state index contributed by atoms with van der Waals surface area (Å²) in [4.78, 5) is 18.3. The van der Waals surface area contributed by atoms with Gasteiger partial charge in [0.15, 0.2) is 5.96 Å². The molecule has 7 heteroatoms. The number of methoxy groups -OCH3 is 2. The molecule has 0 aromatic heterocycles. The number of ether oxygens (including phenoxy) is 2. The molecule has 150 valence electrons. The van der Waals surface area contributed by atoms with E-state index >= 15 is 0 Å². The molecule has 1 aromatic carbocycles. The van der Waals surface area contributed by atoms with E-state index in [4.69, 9.17) is 9.47 Å². The molecule has 0 amide bonds. The molecule has 1 aromatic rings. The van der Waals surface area contributed by atoms with Crippen molar-refractivity contribution in [2.24, 2.45) is 10.9 Å². The highest BCUT2D eigenvalue weighted by molar-refractivity contribution is 5.80. The van der Waals surface area contributed by atoms with Crippen LogP contribution in [-0.2, 0) is 9.53 Å². The first-order valence-electron chi connectivity index (χ1n) is 9.49. The van der Waals surface area contributed by atoms with E-state index in [0.717, 1.165) is 25.4 Å². The largest absolute Gasteiger partial charge is 0.497 e. The third-order valence-corrected chi connectivity index (χ3v) is 4.95. The highest BCUT2D eigenvalue weighted by Crippen LogP contribution is 2.26. The molecule has 2 rings (SSSR count). The number of carbonyl (C=O) groups excluding carboxylic acids is 1. The number of likely N-dealkylation sites (tertiary alicyclic amines) is 1. The Hall–Kier alpha value is -2.28. The number of aliphatic imine (C=N–C) groups is 1. The number of rotatable bonds is 8. The van der Waals surface area contributed by atoms with Crippen LogP contribution in [0.2, 0.25) is 0 Å². The fourth-order valence-corrected chi connectivity index (χ4v) is 3.29. The van der Waals surface area contributed by atoms with E-state index in [1.165, 1.54) is 25.5 Å². The summed E-state index contributed by atoms with van der Waals surface area (Å²) in [5.74, 6) is 1.08. The van der Waals surface area contributed by atoms with Crippen LogP contribution in [0.4, 0.5) is 0 Å². The number of carbonyl (C=O) groups is 1. The minimum Gasteiger partial charge on any atom is -0.497 e. The van der Waals surface area contributed by atoms with Crippen LogP contribution in [0.25, 0.3) is 0 Å². The zero-order chi connectivity index (χ0) is 19.6. The molecule has 2 unspecified atom stereocenters. The summed E-state index contributed by atoms with van der Waals surface area (Å²) in [5, 5.41) is 6.60. The predicted molar refractivity (Wildman–Crippen MR) is 107 cm³/mol. The Balaban J connectivity index is 1.98. The summed E-state index contributed by atoms with van der Waals surface area (Å²) in [7, 11) is 4.82. The van der Waals surface area contributed by atoms with Crippen molar-refractivity contribution in [2.75, 3.05) is 47.4 Å². The van der Waals surface area contributed by atoms with E-state index in [0.29, 0.717) is 12.5 Å². The molecule has 27 heavy (non-hydrogen) atoms. The second-order valence-electron chi connectivity index (χ2n) is 6.79. The third-order valence-electron chi connectivity index (χ3n) is 4.95. The first kappa shape index (κ1) is 21.0. The third kappa shape index (κ3) is 6.13. The minimum absolute atomic E-state index is 0.230. The fraction of sp³-hybridized carbons (Fsp3) is 0.600. The van der Waals surface area contributed by atoms with Gasteiger partial charge in [0.25, 0.3) is 0 Å². The van der Waals surface area contributed by atoms with Crippen molar-refractivity contribution >= 4 is 11.9 Å². The van der Waals surface area contributed by atoms with Crippen molar-refractivity contribution in [3.8, 4) is 5.75 Å². The molecule has 7 nitrogen and oxygen atoms in total. The van der Waals surface area contributed by atoms with E-state index < -0.39 is 0 Å². The Bertz CT molecular complexity index is 612. The molecule has 2 N–H and O–H groups in total. The van der Waals surface area contributed by atoms with Gasteiger partial charge in [0.2, 0.25) is 0 Å². The summed E-state index contributed by atoms with van der Waals surface area (Å²) >= 11 is 0. The van der Waals surface area contributed by atoms with E-state index in [1.807, 2.05) is 19.1 Å². The Labute approximate surface area is 162 Å². The number of hydrogen-bond acceptors (Lipinski definition) is 5. The molecule has 0 aliphatic carbocycles. The van der Waals surface area contributed by atoms with Crippen molar-refractivity contribution in [2.45, 2.75) is 25.8 Å². The zero-order valence-corrected chi connectivity index (χ0v) is 16.8. The monoisotopic (exact) mass is 376 g/mol. The van der Waals surface area contributed by atoms with Crippen LogP contribution in [0.15, 0.2) is 29.3 Å². The van der Waals surface area contributed by atoms with Crippen LogP contribution >= 0.6 is 0 Å². The first-order valence-corrected chi connectivity index (χ1v) is 9.49. The molecule has 1 heterocycles. The van der Waals surface area contributed by atoms with Crippen molar-refractivity contribution in [1.82, 2.24) is 15.5 Å². The number of guanidine groups is 1. The molecule has 0 radical (unpaired) electrons. The molecular weight excluding hydrogens is 344 g/mol. The van der Waals surface area contributed by atoms with E-state index in [-0.39, 0.29) is 17.9 Å². The highest BCUT2D eigenvalue weighted by atomic mass is 16.5. The summed E-state index contributed by atoms with van der Waals surface area (Å²) in [6.07, 6.45) is 2.46. The smallest absolute Gasteiger partial charge is 0.310 e. The number of esters is 1.